The van der Waals surface area contributed by atoms with Gasteiger partial charge < -0.3 is 4.90 Å². The predicted molar refractivity (Wildman–Crippen MR) is 111 cm³/mol. The van der Waals surface area contributed by atoms with Gasteiger partial charge in [0.1, 0.15) is 0 Å². The van der Waals surface area contributed by atoms with Gasteiger partial charge in [-0.3, -0.25) is 4.79 Å². The molecule has 0 atom stereocenters. The van der Waals surface area contributed by atoms with E-state index in [1.54, 1.807) is 11.0 Å². The van der Waals surface area contributed by atoms with E-state index in [-0.39, 0.29) is 18.2 Å². The van der Waals surface area contributed by atoms with Crippen LogP contribution in [-0.2, 0) is 20.6 Å². The van der Waals surface area contributed by atoms with Crippen LogP contribution in [0.2, 0.25) is 0 Å². The van der Waals surface area contributed by atoms with Crippen molar-refractivity contribution in [2.75, 3.05) is 18.0 Å². The zero-order chi connectivity index (χ0) is 20.0. The molecule has 0 aliphatic carbocycles. The first-order valence-corrected chi connectivity index (χ1v) is 11.0. The molecule has 2 aromatic carbocycles. The summed E-state index contributed by atoms with van der Waals surface area (Å²) in [5, 5.41) is 0. The van der Waals surface area contributed by atoms with E-state index in [1.165, 1.54) is 0 Å². The summed E-state index contributed by atoms with van der Waals surface area (Å²) in [7, 11) is -3.43. The largest absolute Gasteiger partial charge is 0.312 e. The van der Waals surface area contributed by atoms with Gasteiger partial charge >= 0.3 is 0 Å². The van der Waals surface area contributed by atoms with Gasteiger partial charge in [0.05, 0.1) is 12.3 Å². The van der Waals surface area contributed by atoms with Crippen LogP contribution >= 0.6 is 0 Å². The van der Waals surface area contributed by atoms with Gasteiger partial charge in [0, 0.05) is 24.2 Å². The number of hydrogen-bond donors (Lipinski definition) is 1. The number of anilines is 1. The number of carbonyl (C=O) groups excluding carboxylic acids is 1. The number of aryl methyl sites for hydroxylation is 1. The third-order valence-electron chi connectivity index (χ3n) is 4.55. The van der Waals surface area contributed by atoms with E-state index < -0.39 is 10.0 Å². The van der Waals surface area contributed by atoms with Gasteiger partial charge in [0.25, 0.3) is 0 Å². The number of sulfonamides is 1. The minimum Gasteiger partial charge on any atom is -0.312 e. The van der Waals surface area contributed by atoms with E-state index in [4.69, 9.17) is 0 Å². The molecule has 5 nitrogen and oxygen atoms in total. The molecule has 1 fully saturated rings. The highest BCUT2D eigenvalue weighted by Gasteiger charge is 2.19. The lowest BCUT2D eigenvalue weighted by molar-refractivity contribution is -0.119. The molecule has 1 saturated heterocycles. The molecular weight excluding hydrogens is 372 g/mol. The van der Waals surface area contributed by atoms with Crippen molar-refractivity contribution >= 4 is 21.6 Å². The molecule has 1 aliphatic rings. The monoisotopic (exact) mass is 396 g/mol. The predicted octanol–water partition coefficient (Wildman–Crippen LogP) is 2.98. The van der Waals surface area contributed by atoms with E-state index in [1.807, 2.05) is 49.4 Å². The lowest BCUT2D eigenvalue weighted by Crippen LogP contribution is -2.35. The fraction of sp³-hybridized carbons (Fsp3) is 0.318. The highest BCUT2D eigenvalue weighted by Crippen LogP contribution is 2.21. The fourth-order valence-electron chi connectivity index (χ4n) is 3.17. The Labute approximate surface area is 166 Å². The summed E-state index contributed by atoms with van der Waals surface area (Å²) >= 11 is 0. The number of piperidine rings is 1. The maximum Gasteiger partial charge on any atom is 0.226 e. The summed E-state index contributed by atoms with van der Waals surface area (Å²) in [6, 6.07) is 14.9. The third-order valence-corrected chi connectivity index (χ3v) is 5.85. The molecule has 28 heavy (non-hydrogen) atoms. The molecule has 1 amide bonds. The maximum atomic E-state index is 12.2. The summed E-state index contributed by atoms with van der Waals surface area (Å²) in [5.41, 5.74) is 3.45. The van der Waals surface area contributed by atoms with Gasteiger partial charge in [-0.1, -0.05) is 41.7 Å². The zero-order valence-electron chi connectivity index (χ0n) is 15.9. The minimum absolute atomic E-state index is 0.0561. The molecule has 1 N–H and O–H groups in total. The maximum absolute atomic E-state index is 12.2. The summed E-state index contributed by atoms with van der Waals surface area (Å²) in [4.78, 5) is 13.8. The van der Waals surface area contributed by atoms with Gasteiger partial charge in [0.15, 0.2) is 0 Å². The highest BCUT2D eigenvalue weighted by atomic mass is 32.2. The molecule has 3 rings (SSSR count). The fourth-order valence-corrected chi connectivity index (χ4v) is 4.18. The van der Waals surface area contributed by atoms with Crippen molar-refractivity contribution in [3.05, 3.63) is 65.2 Å². The van der Waals surface area contributed by atoms with Gasteiger partial charge in [-0.05, 0) is 49.6 Å². The lowest BCUT2D eigenvalue weighted by Gasteiger charge is -2.26. The first-order chi connectivity index (χ1) is 13.4. The number of rotatable bonds is 5. The molecule has 0 spiro atoms. The van der Waals surface area contributed by atoms with Crippen LogP contribution in [0.4, 0.5) is 5.69 Å². The minimum atomic E-state index is -3.43. The van der Waals surface area contributed by atoms with Crippen LogP contribution in [0.3, 0.4) is 0 Å². The molecule has 0 bridgehead atoms. The van der Waals surface area contributed by atoms with Crippen molar-refractivity contribution in [1.29, 1.82) is 0 Å². The van der Waals surface area contributed by atoms with Crippen LogP contribution in [0.15, 0.2) is 48.5 Å². The Balaban J connectivity index is 1.54. The summed E-state index contributed by atoms with van der Waals surface area (Å²) in [6.07, 6.45) is 2.58. The summed E-state index contributed by atoms with van der Waals surface area (Å²) in [5.74, 6) is 5.89. The standard InChI is InChI=1S/C22H24N2O3S/c1-18-6-4-7-20(16-18)17-28(26,27)23-14-5-8-19-10-12-21(13-11-19)24-15-3-2-9-22(24)25/h4,6-7,10-13,16,23H,2-3,9,14-15,17H2,1H3. The number of nitrogens with one attached hydrogen (secondary N) is 1. The highest BCUT2D eigenvalue weighted by molar-refractivity contribution is 7.88. The van der Waals surface area contributed by atoms with Crippen molar-refractivity contribution < 1.29 is 13.2 Å². The SMILES string of the molecule is Cc1cccc(CS(=O)(=O)NCC#Cc2ccc(N3CCCCC3=O)cc2)c1. The number of amides is 1. The van der Waals surface area contributed by atoms with Crippen molar-refractivity contribution in [1.82, 2.24) is 4.72 Å². The summed E-state index contributed by atoms with van der Waals surface area (Å²) < 4.78 is 26.8. The first kappa shape index (κ1) is 20.1. The Bertz CT molecular complexity index is 1000. The molecule has 146 valence electrons. The molecule has 0 aromatic heterocycles. The van der Waals surface area contributed by atoms with Crippen molar-refractivity contribution in [3.63, 3.8) is 0 Å². The average molecular weight is 397 g/mol. The van der Waals surface area contributed by atoms with E-state index in [0.29, 0.717) is 6.42 Å². The second-order valence-electron chi connectivity index (χ2n) is 6.92. The van der Waals surface area contributed by atoms with Gasteiger partial charge in [-0.2, -0.15) is 0 Å². The molecule has 2 aromatic rings. The lowest BCUT2D eigenvalue weighted by atomic mass is 10.1. The van der Waals surface area contributed by atoms with Crippen LogP contribution in [0.1, 0.15) is 36.0 Å². The van der Waals surface area contributed by atoms with E-state index >= 15 is 0 Å². The Hall–Kier alpha value is -2.62. The van der Waals surface area contributed by atoms with Crippen LogP contribution < -0.4 is 9.62 Å². The second kappa shape index (κ2) is 9.05. The molecule has 0 unspecified atom stereocenters. The Morgan fingerprint density at radius 2 is 1.89 bits per heavy atom. The number of nitrogens with zero attached hydrogens (tertiary/aromatic N) is 1. The summed E-state index contributed by atoms with van der Waals surface area (Å²) in [6.45, 7) is 2.74. The number of benzene rings is 2. The topological polar surface area (TPSA) is 66.5 Å². The van der Waals surface area contributed by atoms with Crippen molar-refractivity contribution in [2.45, 2.75) is 31.9 Å². The smallest absolute Gasteiger partial charge is 0.226 e. The van der Waals surface area contributed by atoms with E-state index in [9.17, 15) is 13.2 Å². The van der Waals surface area contributed by atoms with Gasteiger partial charge in [0.2, 0.25) is 15.9 Å². The molecule has 6 heteroatoms. The zero-order valence-corrected chi connectivity index (χ0v) is 16.8. The first-order valence-electron chi connectivity index (χ1n) is 9.35. The Morgan fingerprint density at radius 3 is 2.61 bits per heavy atom. The van der Waals surface area contributed by atoms with Crippen LogP contribution in [0, 0.1) is 18.8 Å². The Kier molecular flexibility index (Phi) is 6.50. The normalized spacial score (nSPS) is 14.5. The van der Waals surface area contributed by atoms with Crippen molar-refractivity contribution in [3.8, 4) is 11.8 Å². The van der Waals surface area contributed by atoms with Gasteiger partial charge in [-0.25, -0.2) is 13.1 Å². The average Bonchev–Trinajstić information content (AvgIpc) is 2.66. The molecular formula is C22H24N2O3S. The van der Waals surface area contributed by atoms with Crippen LogP contribution in [0.25, 0.3) is 0 Å². The second-order valence-corrected chi connectivity index (χ2v) is 8.73. The molecule has 0 radical (unpaired) electrons. The number of hydrogen-bond acceptors (Lipinski definition) is 3. The van der Waals surface area contributed by atoms with Crippen molar-refractivity contribution in [2.24, 2.45) is 0 Å². The third kappa shape index (κ3) is 5.69. The van der Waals surface area contributed by atoms with Gasteiger partial charge in [-0.15, -0.1) is 0 Å². The van der Waals surface area contributed by atoms with E-state index in [0.717, 1.165) is 41.8 Å². The molecule has 0 saturated carbocycles. The molecule has 1 aliphatic heterocycles. The molecule has 1 heterocycles. The van der Waals surface area contributed by atoms with Crippen LogP contribution in [0.5, 0.6) is 0 Å². The van der Waals surface area contributed by atoms with E-state index in [2.05, 4.69) is 16.6 Å². The number of carbonyl (C=O) groups is 1. The Morgan fingerprint density at radius 1 is 1.11 bits per heavy atom. The quantitative estimate of drug-likeness (QED) is 0.790. The van der Waals surface area contributed by atoms with Crippen LogP contribution in [-0.4, -0.2) is 27.4 Å².